The lowest BCUT2D eigenvalue weighted by Gasteiger charge is -2.25. The number of hydrogen-bond donors (Lipinski definition) is 1. The predicted octanol–water partition coefficient (Wildman–Crippen LogP) is 3.46. The van der Waals surface area contributed by atoms with Crippen LogP contribution in [-0.4, -0.2) is 49.9 Å². The van der Waals surface area contributed by atoms with Crippen molar-refractivity contribution in [2.45, 2.75) is 6.61 Å². The van der Waals surface area contributed by atoms with Crippen molar-refractivity contribution in [2.24, 2.45) is 5.10 Å². The Labute approximate surface area is 177 Å². The van der Waals surface area contributed by atoms with Crippen LogP contribution < -0.4 is 10.2 Å². The van der Waals surface area contributed by atoms with Crippen LogP contribution in [0.3, 0.4) is 0 Å². The molecule has 0 radical (unpaired) electrons. The lowest BCUT2D eigenvalue weighted by Crippen LogP contribution is -2.42. The second-order valence-corrected chi connectivity index (χ2v) is 7.51. The van der Waals surface area contributed by atoms with Gasteiger partial charge in [0, 0.05) is 23.7 Å². The van der Waals surface area contributed by atoms with Gasteiger partial charge >= 0.3 is 0 Å². The highest BCUT2D eigenvalue weighted by molar-refractivity contribution is 9.10. The van der Waals surface area contributed by atoms with Gasteiger partial charge < -0.3 is 9.47 Å². The first-order valence-electron chi connectivity index (χ1n) is 8.89. The first-order valence-corrected chi connectivity index (χ1v) is 10.1. The van der Waals surface area contributed by atoms with Crippen LogP contribution in [0, 0.1) is 0 Å². The fourth-order valence-corrected chi connectivity index (χ4v) is 3.36. The average molecular weight is 467 g/mol. The van der Waals surface area contributed by atoms with E-state index in [9.17, 15) is 4.79 Å². The summed E-state index contributed by atoms with van der Waals surface area (Å²) in [5, 5.41) is 4.70. The highest BCUT2D eigenvalue weighted by Gasteiger charge is 2.13. The zero-order valence-corrected chi connectivity index (χ0v) is 17.6. The Bertz CT molecular complexity index is 841. The molecule has 28 heavy (non-hydrogen) atoms. The van der Waals surface area contributed by atoms with E-state index in [4.69, 9.17) is 21.1 Å². The summed E-state index contributed by atoms with van der Waals surface area (Å²) in [6.07, 6.45) is 1.60. The topological polar surface area (TPSA) is 63.2 Å². The third kappa shape index (κ3) is 6.31. The smallest absolute Gasteiger partial charge is 0.254 e. The molecule has 1 amide bonds. The minimum absolute atomic E-state index is 0.142. The van der Waals surface area contributed by atoms with Crippen LogP contribution in [0.2, 0.25) is 5.02 Å². The lowest BCUT2D eigenvalue weighted by molar-refractivity contribution is -0.123. The molecule has 1 aliphatic rings. The van der Waals surface area contributed by atoms with E-state index in [2.05, 4.69) is 26.5 Å². The molecule has 148 valence electrons. The van der Waals surface area contributed by atoms with E-state index >= 15 is 0 Å². The number of carbonyl (C=O) groups is 1. The van der Waals surface area contributed by atoms with E-state index in [1.807, 2.05) is 47.4 Å². The van der Waals surface area contributed by atoms with Gasteiger partial charge in [-0.25, -0.2) is 5.43 Å². The fraction of sp³-hybridized carbons (Fsp3) is 0.300. The molecule has 8 heteroatoms. The van der Waals surface area contributed by atoms with Gasteiger partial charge in [-0.2, -0.15) is 5.10 Å². The number of halogens is 2. The molecule has 2 aromatic rings. The maximum atomic E-state index is 11.9. The van der Waals surface area contributed by atoms with Gasteiger partial charge in [0.1, 0.15) is 12.4 Å². The average Bonchev–Trinajstić information content (AvgIpc) is 2.69. The number of rotatable bonds is 7. The number of benzene rings is 2. The summed E-state index contributed by atoms with van der Waals surface area (Å²) in [4.78, 5) is 14.0. The maximum absolute atomic E-state index is 11.9. The largest absolute Gasteiger partial charge is 0.488 e. The summed E-state index contributed by atoms with van der Waals surface area (Å²) in [6, 6.07) is 13.2. The Kier molecular flexibility index (Phi) is 7.85. The number of carbonyl (C=O) groups excluding carboxylic acids is 1. The Morgan fingerprint density at radius 1 is 1.29 bits per heavy atom. The highest BCUT2D eigenvalue weighted by atomic mass is 79.9. The first-order chi connectivity index (χ1) is 13.6. The van der Waals surface area contributed by atoms with Crippen molar-refractivity contribution in [3.8, 4) is 5.75 Å². The molecular formula is C20H21BrClN3O3. The normalized spacial score (nSPS) is 14.9. The van der Waals surface area contributed by atoms with Crippen molar-refractivity contribution in [1.82, 2.24) is 10.3 Å². The Morgan fingerprint density at radius 3 is 2.82 bits per heavy atom. The van der Waals surface area contributed by atoms with Gasteiger partial charge in [-0.1, -0.05) is 29.8 Å². The zero-order chi connectivity index (χ0) is 19.8. The molecule has 1 saturated heterocycles. The highest BCUT2D eigenvalue weighted by Crippen LogP contribution is 2.27. The zero-order valence-electron chi connectivity index (χ0n) is 15.2. The molecular weight excluding hydrogens is 446 g/mol. The van der Waals surface area contributed by atoms with E-state index in [1.54, 1.807) is 6.21 Å². The quantitative estimate of drug-likeness (QED) is 0.501. The molecule has 3 rings (SSSR count). The summed E-state index contributed by atoms with van der Waals surface area (Å²) >= 11 is 9.65. The number of nitrogens with zero attached hydrogens (tertiary/aromatic N) is 2. The van der Waals surface area contributed by atoms with Crippen molar-refractivity contribution in [2.75, 3.05) is 32.8 Å². The summed E-state index contributed by atoms with van der Waals surface area (Å²) in [6.45, 7) is 3.55. The molecule has 0 unspecified atom stereocenters. The summed E-state index contributed by atoms with van der Waals surface area (Å²) < 4.78 is 11.9. The van der Waals surface area contributed by atoms with Gasteiger partial charge in [0.2, 0.25) is 0 Å². The van der Waals surface area contributed by atoms with E-state index in [-0.39, 0.29) is 5.91 Å². The molecule has 0 bridgehead atoms. The van der Waals surface area contributed by atoms with E-state index in [1.165, 1.54) is 0 Å². The second kappa shape index (κ2) is 10.6. The minimum atomic E-state index is -0.142. The molecule has 2 aromatic carbocycles. The molecule has 0 spiro atoms. The third-order valence-corrected chi connectivity index (χ3v) is 5.16. The molecule has 0 saturated carbocycles. The minimum Gasteiger partial charge on any atom is -0.488 e. The number of ether oxygens (including phenoxy) is 2. The van der Waals surface area contributed by atoms with Gasteiger partial charge in [0.15, 0.2) is 0 Å². The molecule has 1 heterocycles. The van der Waals surface area contributed by atoms with Crippen LogP contribution in [-0.2, 0) is 16.1 Å². The Morgan fingerprint density at radius 2 is 2.07 bits per heavy atom. The monoisotopic (exact) mass is 465 g/mol. The molecule has 1 aliphatic heterocycles. The standard InChI is InChI=1S/C20H21BrClN3O3/c21-17-11-15(12-23-24-20(26)13-25-7-9-27-10-8-25)5-6-19(17)28-14-16-3-1-2-4-18(16)22/h1-6,11-12H,7-10,13-14H2,(H,24,26)/b23-12-. The van der Waals surface area contributed by atoms with Crippen molar-refractivity contribution in [3.05, 3.63) is 63.1 Å². The predicted molar refractivity (Wildman–Crippen MR) is 113 cm³/mol. The number of morpholine rings is 1. The SMILES string of the molecule is O=C(CN1CCOCC1)N/N=C\c1ccc(OCc2ccccc2Cl)c(Br)c1. The Balaban J connectivity index is 1.49. The molecule has 1 N–H and O–H groups in total. The number of amides is 1. The second-order valence-electron chi connectivity index (χ2n) is 6.25. The maximum Gasteiger partial charge on any atom is 0.254 e. The molecule has 1 fully saturated rings. The molecule has 0 atom stereocenters. The molecule has 0 aliphatic carbocycles. The lowest BCUT2D eigenvalue weighted by atomic mass is 10.2. The van der Waals surface area contributed by atoms with Gasteiger partial charge in [0.05, 0.1) is 30.4 Å². The Hall–Kier alpha value is -1.93. The van der Waals surface area contributed by atoms with Crippen LogP contribution in [0.4, 0.5) is 0 Å². The van der Waals surface area contributed by atoms with Gasteiger partial charge in [-0.05, 0) is 45.8 Å². The van der Waals surface area contributed by atoms with E-state index < -0.39 is 0 Å². The van der Waals surface area contributed by atoms with E-state index in [0.717, 1.165) is 28.7 Å². The van der Waals surface area contributed by atoms with Gasteiger partial charge in [-0.3, -0.25) is 9.69 Å². The van der Waals surface area contributed by atoms with E-state index in [0.29, 0.717) is 37.1 Å². The number of nitrogens with one attached hydrogen (secondary N) is 1. The van der Waals surface area contributed by atoms with Crippen LogP contribution in [0.25, 0.3) is 0 Å². The molecule has 0 aromatic heterocycles. The van der Waals surface area contributed by atoms with Crippen molar-refractivity contribution in [1.29, 1.82) is 0 Å². The first kappa shape index (κ1) is 20.8. The third-order valence-electron chi connectivity index (χ3n) is 4.17. The van der Waals surface area contributed by atoms with Crippen LogP contribution in [0.5, 0.6) is 5.75 Å². The fourth-order valence-electron chi connectivity index (χ4n) is 2.66. The van der Waals surface area contributed by atoms with Crippen LogP contribution in [0.1, 0.15) is 11.1 Å². The number of hydrazone groups is 1. The summed E-state index contributed by atoms with van der Waals surface area (Å²) in [5.41, 5.74) is 4.31. The van der Waals surface area contributed by atoms with Crippen molar-refractivity contribution >= 4 is 39.7 Å². The molecule has 6 nitrogen and oxygen atoms in total. The van der Waals surface area contributed by atoms with Gasteiger partial charge in [0.25, 0.3) is 5.91 Å². The van der Waals surface area contributed by atoms with Crippen molar-refractivity contribution < 1.29 is 14.3 Å². The van der Waals surface area contributed by atoms with Gasteiger partial charge in [-0.15, -0.1) is 0 Å². The van der Waals surface area contributed by atoms with Crippen LogP contribution >= 0.6 is 27.5 Å². The van der Waals surface area contributed by atoms with Crippen molar-refractivity contribution in [3.63, 3.8) is 0 Å². The number of hydrogen-bond acceptors (Lipinski definition) is 5. The van der Waals surface area contributed by atoms with Crippen LogP contribution in [0.15, 0.2) is 52.0 Å². The summed E-state index contributed by atoms with van der Waals surface area (Å²) in [5.74, 6) is 0.560. The summed E-state index contributed by atoms with van der Waals surface area (Å²) in [7, 11) is 0.